The van der Waals surface area contributed by atoms with Gasteiger partial charge in [0.05, 0.1) is 12.0 Å². The van der Waals surface area contributed by atoms with Gasteiger partial charge in [-0.3, -0.25) is 4.79 Å². The lowest BCUT2D eigenvalue weighted by Crippen LogP contribution is -2.60. The minimum atomic E-state index is -1.71. The summed E-state index contributed by atoms with van der Waals surface area (Å²) in [6.45, 7) is -0.664. The highest BCUT2D eigenvalue weighted by Crippen LogP contribution is 2.36. The van der Waals surface area contributed by atoms with Crippen LogP contribution in [0.1, 0.15) is 0 Å². The molecule has 0 radical (unpaired) electrons. The molecule has 2 aromatic carbocycles. The van der Waals surface area contributed by atoms with E-state index in [0.717, 1.165) is 24.3 Å². The average Bonchev–Trinajstić information content (AvgIpc) is 2.69. The van der Waals surface area contributed by atoms with Crippen LogP contribution in [-0.4, -0.2) is 73.1 Å². The number of aliphatic hydroxyl groups excluding tert-OH is 4. The first-order valence-corrected chi connectivity index (χ1v) is 8.84. The molecule has 2 heterocycles. The molecule has 7 N–H and O–H groups in total. The lowest BCUT2D eigenvalue weighted by atomic mass is 9.99. The fourth-order valence-electron chi connectivity index (χ4n) is 3.34. The lowest BCUT2D eigenvalue weighted by Gasteiger charge is -2.39. The van der Waals surface area contributed by atoms with E-state index in [2.05, 4.69) is 0 Å². The van der Waals surface area contributed by atoms with E-state index in [1.807, 2.05) is 0 Å². The van der Waals surface area contributed by atoms with Crippen LogP contribution < -0.4 is 10.2 Å². The summed E-state index contributed by atoms with van der Waals surface area (Å²) in [6.07, 6.45) is -7.76. The van der Waals surface area contributed by atoms with Gasteiger partial charge in [-0.1, -0.05) is 0 Å². The number of aliphatic hydroxyl groups is 4. The Morgan fingerprint density at radius 3 is 2.33 bits per heavy atom. The van der Waals surface area contributed by atoms with Gasteiger partial charge in [0.1, 0.15) is 52.5 Å². The maximum atomic E-state index is 12.7. The zero-order valence-electron chi connectivity index (χ0n) is 15.2. The Morgan fingerprint density at radius 2 is 1.63 bits per heavy atom. The van der Waals surface area contributed by atoms with Gasteiger partial charge in [0, 0.05) is 18.2 Å². The highest BCUT2D eigenvalue weighted by molar-refractivity contribution is 5.94. The van der Waals surface area contributed by atoms with E-state index >= 15 is 0 Å². The van der Waals surface area contributed by atoms with Gasteiger partial charge in [-0.2, -0.15) is 0 Å². The molecule has 0 saturated carbocycles. The summed E-state index contributed by atoms with van der Waals surface area (Å²) >= 11 is 0. The summed E-state index contributed by atoms with van der Waals surface area (Å²) in [5.74, 6) is -1.66. The van der Waals surface area contributed by atoms with Gasteiger partial charge in [0.15, 0.2) is 11.5 Å². The van der Waals surface area contributed by atoms with Crippen molar-refractivity contribution in [3.05, 3.63) is 34.5 Å². The van der Waals surface area contributed by atoms with Gasteiger partial charge in [-0.25, -0.2) is 0 Å². The molecule has 1 aromatic heterocycles. The second-order valence-electron chi connectivity index (χ2n) is 6.90. The molecule has 3 aromatic rings. The van der Waals surface area contributed by atoms with Crippen LogP contribution in [0.5, 0.6) is 23.0 Å². The van der Waals surface area contributed by atoms with Crippen LogP contribution in [0.4, 0.5) is 0 Å². The number of benzene rings is 2. The van der Waals surface area contributed by atoms with Crippen LogP contribution in [0.2, 0.25) is 0 Å². The van der Waals surface area contributed by atoms with Crippen LogP contribution in [-0.2, 0) is 4.74 Å². The molecule has 1 aliphatic rings. The number of hydrogen-bond donors (Lipinski definition) is 7. The second kappa shape index (κ2) is 7.31. The van der Waals surface area contributed by atoms with Gasteiger partial charge < -0.3 is 49.6 Å². The van der Waals surface area contributed by atoms with Crippen molar-refractivity contribution in [1.82, 2.24) is 0 Å². The fraction of sp³-hybridized carbons (Fsp3) is 0.316. The van der Waals surface area contributed by atoms with Gasteiger partial charge >= 0.3 is 0 Å². The summed E-state index contributed by atoms with van der Waals surface area (Å²) in [7, 11) is 0. The zero-order chi connectivity index (χ0) is 21.7. The maximum Gasteiger partial charge on any atom is 0.229 e. The first kappa shape index (κ1) is 20.2. The van der Waals surface area contributed by atoms with E-state index in [0.29, 0.717) is 0 Å². The molecule has 0 amide bonds. The Hall–Kier alpha value is -3.09. The third kappa shape index (κ3) is 3.18. The van der Waals surface area contributed by atoms with E-state index in [1.165, 1.54) is 0 Å². The SMILES string of the molecule is O=c1c2cc(O)c(O[C@H]3O[C@H](CO)[C@@H](O)[C@H](O)[C@H]3O)cc2oc2cc(O)cc(O)c12. The Bertz CT molecular complexity index is 1170. The van der Waals surface area contributed by atoms with Crippen LogP contribution in [0.25, 0.3) is 21.9 Å². The Morgan fingerprint density at radius 1 is 0.900 bits per heavy atom. The molecule has 11 nitrogen and oxygen atoms in total. The molecule has 30 heavy (non-hydrogen) atoms. The minimum absolute atomic E-state index is 0.0742. The topological polar surface area (TPSA) is 190 Å². The molecule has 4 rings (SSSR count). The number of phenols is 3. The van der Waals surface area contributed by atoms with E-state index < -0.39 is 54.2 Å². The molecule has 0 unspecified atom stereocenters. The van der Waals surface area contributed by atoms with Crippen molar-refractivity contribution >= 4 is 21.9 Å². The highest BCUT2D eigenvalue weighted by Gasteiger charge is 2.45. The summed E-state index contributed by atoms with van der Waals surface area (Å²) in [5, 5.41) is 68.5. The predicted octanol–water partition coefficient (Wildman–Crippen LogP) is -0.758. The van der Waals surface area contributed by atoms with E-state index in [4.69, 9.17) is 13.9 Å². The van der Waals surface area contributed by atoms with Crippen LogP contribution in [0.15, 0.2) is 33.5 Å². The minimum Gasteiger partial charge on any atom is -0.508 e. The van der Waals surface area contributed by atoms with Crippen molar-refractivity contribution in [3.63, 3.8) is 0 Å². The third-order valence-corrected chi connectivity index (χ3v) is 4.91. The van der Waals surface area contributed by atoms with E-state index in [-0.39, 0.29) is 33.4 Å². The van der Waals surface area contributed by atoms with Crippen molar-refractivity contribution in [1.29, 1.82) is 0 Å². The maximum absolute atomic E-state index is 12.7. The quantitative estimate of drug-likeness (QED) is 0.263. The lowest BCUT2D eigenvalue weighted by molar-refractivity contribution is -0.277. The van der Waals surface area contributed by atoms with Crippen molar-refractivity contribution in [2.45, 2.75) is 30.7 Å². The Kier molecular flexibility index (Phi) is 4.92. The molecule has 160 valence electrons. The number of aromatic hydroxyl groups is 3. The molecule has 0 aliphatic carbocycles. The molecule has 5 atom stereocenters. The molecule has 1 saturated heterocycles. The molecule has 1 aliphatic heterocycles. The van der Waals surface area contributed by atoms with Gasteiger partial charge in [0.25, 0.3) is 0 Å². The van der Waals surface area contributed by atoms with Gasteiger partial charge in [-0.05, 0) is 6.07 Å². The predicted molar refractivity (Wildman–Crippen MR) is 99.4 cm³/mol. The summed E-state index contributed by atoms with van der Waals surface area (Å²) in [6, 6.07) is 4.24. The summed E-state index contributed by atoms with van der Waals surface area (Å²) < 4.78 is 16.2. The van der Waals surface area contributed by atoms with Crippen molar-refractivity contribution in [2.24, 2.45) is 0 Å². The number of phenolic OH excluding ortho intramolecular Hbond substituents is 3. The molecular formula is C19H18O11. The molecule has 11 heteroatoms. The zero-order valence-corrected chi connectivity index (χ0v) is 15.2. The third-order valence-electron chi connectivity index (χ3n) is 4.91. The Balaban J connectivity index is 1.78. The largest absolute Gasteiger partial charge is 0.508 e. The normalized spacial score (nSPS) is 26.9. The van der Waals surface area contributed by atoms with Crippen LogP contribution >= 0.6 is 0 Å². The van der Waals surface area contributed by atoms with Gasteiger partial charge in [0.2, 0.25) is 11.7 Å². The van der Waals surface area contributed by atoms with Gasteiger partial charge in [-0.15, -0.1) is 0 Å². The monoisotopic (exact) mass is 422 g/mol. The van der Waals surface area contributed by atoms with Crippen molar-refractivity contribution < 1.29 is 49.6 Å². The van der Waals surface area contributed by atoms with Crippen LogP contribution in [0.3, 0.4) is 0 Å². The fourth-order valence-corrected chi connectivity index (χ4v) is 3.34. The number of hydrogen-bond acceptors (Lipinski definition) is 11. The van der Waals surface area contributed by atoms with E-state index in [9.17, 15) is 40.5 Å². The standard InChI is InChI=1S/C19H18O11/c20-5-13-16(25)17(26)18(27)19(30-13)29-11-4-10-7(3-8(11)22)15(24)14-9(23)1-6(21)2-12(14)28-10/h1-4,13,16-23,25-27H,5H2/t13-,16-,17+,18-,19+/m1/s1. The molecular weight excluding hydrogens is 404 g/mol. The van der Waals surface area contributed by atoms with E-state index in [1.54, 1.807) is 0 Å². The van der Waals surface area contributed by atoms with Crippen molar-refractivity contribution in [2.75, 3.05) is 6.61 Å². The highest BCUT2D eigenvalue weighted by atomic mass is 16.7. The van der Waals surface area contributed by atoms with Crippen LogP contribution in [0, 0.1) is 0 Å². The number of ether oxygens (including phenoxy) is 2. The average molecular weight is 422 g/mol. The number of rotatable bonds is 3. The van der Waals surface area contributed by atoms with Crippen molar-refractivity contribution in [3.8, 4) is 23.0 Å². The summed E-state index contributed by atoms with van der Waals surface area (Å²) in [5.41, 5.74) is -0.859. The first-order chi connectivity index (χ1) is 14.2. The Labute approximate surface area is 167 Å². The smallest absolute Gasteiger partial charge is 0.229 e. The second-order valence-corrected chi connectivity index (χ2v) is 6.90. The number of fused-ring (bicyclic) bond motifs is 2. The first-order valence-electron chi connectivity index (χ1n) is 8.84. The molecule has 0 bridgehead atoms. The molecule has 1 fully saturated rings. The molecule has 0 spiro atoms. The summed E-state index contributed by atoms with van der Waals surface area (Å²) in [4.78, 5) is 12.7.